The maximum Gasteiger partial charge on any atom is 0.330 e. The van der Waals surface area contributed by atoms with Crippen LogP contribution in [0.25, 0.3) is 11.2 Å². The Bertz CT molecular complexity index is 1210. The molecule has 1 saturated heterocycles. The molecule has 3 aromatic rings. The number of rotatable bonds is 3. The second-order valence-electron chi connectivity index (χ2n) is 9.45. The Labute approximate surface area is 182 Å². The molecule has 1 aromatic carbocycles. The minimum Gasteiger partial charge on any atom is -0.486 e. The maximum atomic E-state index is 13.1. The smallest absolute Gasteiger partial charge is 0.330 e. The van der Waals surface area contributed by atoms with Crippen LogP contribution in [0.1, 0.15) is 24.4 Å². The van der Waals surface area contributed by atoms with Crippen molar-refractivity contribution in [2.75, 3.05) is 18.5 Å². The van der Waals surface area contributed by atoms with Crippen molar-refractivity contribution >= 4 is 30.9 Å². The lowest BCUT2D eigenvalue weighted by Crippen LogP contribution is -2.35. The number of aryl methyl sites for hydroxylation is 2. The standard InChI is InChI=1S/C22H29N5O3Si/c1-14-11-18-19(30-8-7-29-18)12-16(14)24-21-23-13-17-20(25-21)27(22(28)26(17)2)15-5-9-31(3,4)10-6-15/h11-13,15H,5-10H2,1-4H3,(H,23,24,25)/q-1. The zero-order valence-electron chi connectivity index (χ0n) is 18.6. The van der Waals surface area contributed by atoms with Crippen LogP contribution in [0.3, 0.4) is 0 Å². The Hall–Kier alpha value is -2.81. The molecular formula is C22H29N5O3Si-. The van der Waals surface area contributed by atoms with Gasteiger partial charge in [0.25, 0.3) is 0 Å². The largest absolute Gasteiger partial charge is 0.486 e. The first-order valence-electron chi connectivity index (χ1n) is 10.9. The topological polar surface area (TPSA) is 83.2 Å². The average molecular weight is 440 g/mol. The van der Waals surface area contributed by atoms with Crippen LogP contribution < -0.4 is 20.5 Å². The van der Waals surface area contributed by atoms with Crippen LogP contribution in [0.4, 0.5) is 11.6 Å². The third-order valence-electron chi connectivity index (χ3n) is 6.64. The van der Waals surface area contributed by atoms with E-state index in [0.717, 1.165) is 35.4 Å². The molecule has 0 spiro atoms. The third-order valence-corrected chi connectivity index (χ3v) is 9.93. The van der Waals surface area contributed by atoms with E-state index in [4.69, 9.17) is 14.5 Å². The zero-order valence-corrected chi connectivity index (χ0v) is 19.6. The van der Waals surface area contributed by atoms with Crippen molar-refractivity contribution in [1.82, 2.24) is 19.1 Å². The van der Waals surface area contributed by atoms with E-state index in [1.807, 2.05) is 23.6 Å². The van der Waals surface area contributed by atoms with Crippen molar-refractivity contribution < 1.29 is 9.47 Å². The number of ether oxygens (including phenoxy) is 2. The van der Waals surface area contributed by atoms with Crippen molar-refractivity contribution in [1.29, 1.82) is 0 Å². The van der Waals surface area contributed by atoms with Crippen molar-refractivity contribution in [3.8, 4) is 11.5 Å². The highest BCUT2D eigenvalue weighted by Gasteiger charge is 2.26. The number of fused-ring (bicyclic) bond motifs is 2. The number of hydrogen-bond acceptors (Lipinski definition) is 6. The molecule has 1 fully saturated rings. The monoisotopic (exact) mass is 439 g/mol. The fourth-order valence-corrected chi connectivity index (χ4v) is 7.09. The molecule has 0 bridgehead atoms. The van der Waals surface area contributed by atoms with E-state index in [2.05, 4.69) is 23.4 Å². The molecule has 0 atom stereocenters. The molecule has 0 unspecified atom stereocenters. The number of aromatic nitrogens is 4. The van der Waals surface area contributed by atoms with Crippen LogP contribution >= 0.6 is 0 Å². The molecule has 165 valence electrons. The molecule has 8 nitrogen and oxygen atoms in total. The Morgan fingerprint density at radius 2 is 1.81 bits per heavy atom. The second-order valence-corrected chi connectivity index (χ2v) is 14.8. The summed E-state index contributed by atoms with van der Waals surface area (Å²) in [7, 11) is 0.683. The van der Waals surface area contributed by atoms with Crippen LogP contribution in [-0.2, 0) is 7.05 Å². The molecule has 4 heterocycles. The maximum absolute atomic E-state index is 13.1. The first-order chi connectivity index (χ1) is 14.8. The van der Waals surface area contributed by atoms with E-state index < -0.39 is 8.07 Å². The zero-order chi connectivity index (χ0) is 21.8. The molecule has 5 rings (SSSR count). The van der Waals surface area contributed by atoms with E-state index in [1.165, 1.54) is 12.1 Å². The minimum atomic E-state index is -1.11. The molecule has 9 heteroatoms. The van der Waals surface area contributed by atoms with Crippen molar-refractivity contribution in [3.63, 3.8) is 0 Å². The first kappa shape index (κ1) is 20.1. The van der Waals surface area contributed by atoms with Gasteiger partial charge in [-0.25, -0.2) is 9.78 Å². The van der Waals surface area contributed by atoms with Crippen LogP contribution in [0.2, 0.25) is 25.2 Å². The summed E-state index contributed by atoms with van der Waals surface area (Å²) in [6.07, 6.45) is 3.83. The SMILES string of the molecule is Cc1cc2c(cc1Nc1ncc3c(n1)n(C1CC[Si-](C)(C)CC1)c(=O)n3C)OCCO2. The quantitative estimate of drug-likeness (QED) is 0.621. The Kier molecular flexibility index (Phi) is 4.80. The molecule has 0 amide bonds. The van der Waals surface area contributed by atoms with Gasteiger partial charge in [-0.1, -0.05) is 12.8 Å². The summed E-state index contributed by atoms with van der Waals surface area (Å²) in [6.45, 7) is 7.98. The van der Waals surface area contributed by atoms with E-state index in [9.17, 15) is 4.79 Å². The fourth-order valence-electron chi connectivity index (χ4n) is 4.61. The molecule has 31 heavy (non-hydrogen) atoms. The molecule has 2 aromatic heterocycles. The van der Waals surface area contributed by atoms with Gasteiger partial charge >= 0.3 is 5.69 Å². The summed E-state index contributed by atoms with van der Waals surface area (Å²) in [4.78, 5) is 22.3. The number of anilines is 2. The van der Waals surface area contributed by atoms with Crippen molar-refractivity contribution in [2.45, 2.75) is 51.0 Å². The average Bonchev–Trinajstić information content (AvgIpc) is 2.99. The van der Waals surface area contributed by atoms with Gasteiger partial charge in [-0.2, -0.15) is 30.2 Å². The van der Waals surface area contributed by atoms with Gasteiger partial charge in [0.1, 0.15) is 18.7 Å². The van der Waals surface area contributed by atoms with E-state index >= 15 is 0 Å². The van der Waals surface area contributed by atoms with Gasteiger partial charge in [-0.3, -0.25) is 9.13 Å². The van der Waals surface area contributed by atoms with Crippen LogP contribution in [0, 0.1) is 6.92 Å². The summed E-state index contributed by atoms with van der Waals surface area (Å²) < 4.78 is 14.9. The lowest BCUT2D eigenvalue weighted by Gasteiger charge is -2.41. The van der Waals surface area contributed by atoms with Gasteiger partial charge in [0.2, 0.25) is 5.95 Å². The minimum absolute atomic E-state index is 0.0108. The van der Waals surface area contributed by atoms with Gasteiger partial charge in [0.05, 0.1) is 6.20 Å². The Morgan fingerprint density at radius 3 is 2.52 bits per heavy atom. The van der Waals surface area contributed by atoms with Crippen LogP contribution in [0.15, 0.2) is 23.1 Å². The van der Waals surface area contributed by atoms with Gasteiger partial charge in [-0.05, 0) is 18.6 Å². The highest BCUT2D eigenvalue weighted by Crippen LogP contribution is 2.37. The van der Waals surface area contributed by atoms with E-state index in [1.54, 1.807) is 17.8 Å². The highest BCUT2D eigenvalue weighted by molar-refractivity contribution is 6.77. The molecular weight excluding hydrogens is 410 g/mol. The lowest BCUT2D eigenvalue weighted by molar-refractivity contribution is 0.171. The normalized spacial score (nSPS) is 18.3. The fraction of sp³-hybridized carbons (Fsp3) is 0.500. The number of imidazole rings is 1. The molecule has 2 aliphatic rings. The highest BCUT2D eigenvalue weighted by atomic mass is 28.3. The van der Waals surface area contributed by atoms with E-state index in [0.29, 0.717) is 30.6 Å². The number of nitrogens with zero attached hydrogens (tertiary/aromatic N) is 4. The van der Waals surface area contributed by atoms with Gasteiger partial charge in [-0.15, -0.1) is 8.07 Å². The summed E-state index contributed by atoms with van der Waals surface area (Å²) >= 11 is 0. The number of benzene rings is 1. The summed E-state index contributed by atoms with van der Waals surface area (Å²) in [5.41, 5.74) is 3.32. The molecule has 1 N–H and O–H groups in total. The van der Waals surface area contributed by atoms with E-state index in [-0.39, 0.29) is 11.7 Å². The predicted octanol–water partition coefficient (Wildman–Crippen LogP) is 4.00. The summed E-state index contributed by atoms with van der Waals surface area (Å²) in [5, 5.41) is 3.31. The van der Waals surface area contributed by atoms with Crippen molar-refractivity contribution in [2.24, 2.45) is 7.05 Å². The molecule has 0 saturated carbocycles. The lowest BCUT2D eigenvalue weighted by atomic mass is 10.1. The van der Waals surface area contributed by atoms with Crippen LogP contribution in [-0.4, -0.2) is 40.4 Å². The first-order valence-corrected chi connectivity index (χ1v) is 14.3. The molecule has 2 aliphatic heterocycles. The summed E-state index contributed by atoms with van der Waals surface area (Å²) in [5.74, 6) is 1.94. The predicted molar refractivity (Wildman–Crippen MR) is 124 cm³/mol. The Morgan fingerprint density at radius 1 is 1.13 bits per heavy atom. The number of hydrogen-bond donors (Lipinski definition) is 1. The van der Waals surface area contributed by atoms with Gasteiger partial charge in [0.15, 0.2) is 17.1 Å². The third kappa shape index (κ3) is 3.60. The van der Waals surface area contributed by atoms with Gasteiger partial charge in [0, 0.05) is 24.8 Å². The Balaban J connectivity index is 1.51. The van der Waals surface area contributed by atoms with Gasteiger partial charge < -0.3 is 14.8 Å². The number of nitrogens with one attached hydrogen (secondary N) is 1. The second kappa shape index (κ2) is 7.40. The molecule has 0 radical (unpaired) electrons. The molecule has 0 aliphatic carbocycles. The van der Waals surface area contributed by atoms with Crippen molar-refractivity contribution in [3.05, 3.63) is 34.4 Å². The summed E-state index contributed by atoms with van der Waals surface area (Å²) in [6, 6.07) is 6.57. The van der Waals surface area contributed by atoms with Crippen LogP contribution in [0.5, 0.6) is 11.5 Å².